The highest BCUT2D eigenvalue weighted by molar-refractivity contribution is 5.18. The molecular weight excluding hydrogens is 260 g/mol. The van der Waals surface area contributed by atoms with Gasteiger partial charge in [0, 0.05) is 24.4 Å². The average Bonchev–Trinajstić information content (AvgIpc) is 2.83. The Kier molecular flexibility index (Phi) is 5.51. The number of aryl methyl sites for hydroxylation is 3. The molecule has 4 nitrogen and oxygen atoms in total. The van der Waals surface area contributed by atoms with Crippen LogP contribution in [-0.4, -0.2) is 21.3 Å². The second-order valence-electron chi connectivity index (χ2n) is 5.51. The molecule has 0 aliphatic rings. The number of pyridine rings is 1. The average molecular weight is 286 g/mol. The van der Waals surface area contributed by atoms with Gasteiger partial charge in [-0.15, -0.1) is 0 Å². The first-order chi connectivity index (χ1) is 10.1. The predicted octanol–water partition coefficient (Wildman–Crippen LogP) is 3.20. The standard InChI is InChI=1S/C17H26N4/c1-5-10-18-17(16-9-7-8-13(3)19-16)12-15-11-14(4)20-21(15)6-2/h7-9,11,17-18H,5-6,10,12H2,1-4H3. The van der Waals surface area contributed by atoms with E-state index in [4.69, 9.17) is 4.98 Å². The van der Waals surface area contributed by atoms with Crippen LogP contribution in [0.4, 0.5) is 0 Å². The Bertz CT molecular complexity index is 574. The Morgan fingerprint density at radius 1 is 1.19 bits per heavy atom. The van der Waals surface area contributed by atoms with Crippen LogP contribution in [0.25, 0.3) is 0 Å². The van der Waals surface area contributed by atoms with Crippen molar-refractivity contribution in [2.24, 2.45) is 0 Å². The van der Waals surface area contributed by atoms with Crippen LogP contribution >= 0.6 is 0 Å². The summed E-state index contributed by atoms with van der Waals surface area (Å²) in [4.78, 5) is 4.69. The summed E-state index contributed by atoms with van der Waals surface area (Å²) in [6.07, 6.45) is 2.04. The maximum atomic E-state index is 4.69. The molecule has 2 heterocycles. The summed E-state index contributed by atoms with van der Waals surface area (Å²) in [5.41, 5.74) is 4.53. The lowest BCUT2D eigenvalue weighted by Crippen LogP contribution is -2.26. The zero-order chi connectivity index (χ0) is 15.2. The Hall–Kier alpha value is -1.68. The molecule has 2 aromatic heterocycles. The monoisotopic (exact) mass is 286 g/mol. The van der Waals surface area contributed by atoms with Crippen molar-refractivity contribution >= 4 is 0 Å². The summed E-state index contributed by atoms with van der Waals surface area (Å²) in [5.74, 6) is 0. The van der Waals surface area contributed by atoms with Crippen LogP contribution in [0, 0.1) is 13.8 Å². The smallest absolute Gasteiger partial charge is 0.0596 e. The first-order valence-corrected chi connectivity index (χ1v) is 7.84. The SMILES string of the molecule is CCCNC(Cc1cc(C)nn1CC)c1cccc(C)n1. The molecule has 114 valence electrons. The Balaban J connectivity index is 2.23. The summed E-state index contributed by atoms with van der Waals surface area (Å²) < 4.78 is 2.09. The van der Waals surface area contributed by atoms with Crippen LogP contribution in [-0.2, 0) is 13.0 Å². The second-order valence-corrected chi connectivity index (χ2v) is 5.51. The maximum Gasteiger partial charge on any atom is 0.0596 e. The molecule has 2 rings (SSSR count). The quantitative estimate of drug-likeness (QED) is 0.850. The van der Waals surface area contributed by atoms with Gasteiger partial charge >= 0.3 is 0 Å². The fourth-order valence-electron chi connectivity index (χ4n) is 2.60. The highest BCUT2D eigenvalue weighted by Crippen LogP contribution is 2.18. The van der Waals surface area contributed by atoms with Crippen molar-refractivity contribution in [3.63, 3.8) is 0 Å². The molecule has 4 heteroatoms. The zero-order valence-corrected chi connectivity index (χ0v) is 13.6. The molecule has 1 atom stereocenters. The Morgan fingerprint density at radius 3 is 2.67 bits per heavy atom. The molecule has 2 aromatic rings. The van der Waals surface area contributed by atoms with Gasteiger partial charge in [0.1, 0.15) is 0 Å². The minimum absolute atomic E-state index is 0.242. The zero-order valence-electron chi connectivity index (χ0n) is 13.6. The molecule has 0 amide bonds. The summed E-state index contributed by atoms with van der Waals surface area (Å²) >= 11 is 0. The highest BCUT2D eigenvalue weighted by Gasteiger charge is 2.16. The van der Waals surface area contributed by atoms with Crippen molar-refractivity contribution in [1.29, 1.82) is 0 Å². The van der Waals surface area contributed by atoms with E-state index in [0.717, 1.165) is 43.0 Å². The summed E-state index contributed by atoms with van der Waals surface area (Å²) in [6.45, 7) is 10.3. The molecule has 0 saturated heterocycles. The third-order valence-electron chi connectivity index (χ3n) is 3.61. The van der Waals surface area contributed by atoms with Gasteiger partial charge in [0.05, 0.1) is 17.4 Å². The van der Waals surface area contributed by atoms with E-state index in [1.807, 2.05) is 13.0 Å². The highest BCUT2D eigenvalue weighted by atomic mass is 15.3. The van der Waals surface area contributed by atoms with Crippen molar-refractivity contribution in [2.45, 2.75) is 53.1 Å². The van der Waals surface area contributed by atoms with Crippen molar-refractivity contribution in [3.8, 4) is 0 Å². The molecule has 0 aliphatic heterocycles. The largest absolute Gasteiger partial charge is 0.308 e. The number of nitrogens with zero attached hydrogens (tertiary/aromatic N) is 3. The maximum absolute atomic E-state index is 4.69. The van der Waals surface area contributed by atoms with Crippen molar-refractivity contribution in [2.75, 3.05) is 6.54 Å². The molecule has 0 radical (unpaired) electrons. The van der Waals surface area contributed by atoms with E-state index in [1.54, 1.807) is 0 Å². The number of nitrogens with one attached hydrogen (secondary N) is 1. The van der Waals surface area contributed by atoms with Gasteiger partial charge in [0.2, 0.25) is 0 Å². The minimum Gasteiger partial charge on any atom is -0.308 e. The molecule has 0 fully saturated rings. The van der Waals surface area contributed by atoms with Gasteiger partial charge < -0.3 is 5.32 Å². The third kappa shape index (κ3) is 4.14. The molecule has 0 aliphatic carbocycles. The van der Waals surface area contributed by atoms with Gasteiger partial charge in [0.15, 0.2) is 0 Å². The first-order valence-electron chi connectivity index (χ1n) is 7.84. The van der Waals surface area contributed by atoms with Crippen molar-refractivity contribution < 1.29 is 0 Å². The lowest BCUT2D eigenvalue weighted by molar-refractivity contribution is 0.493. The fraction of sp³-hybridized carbons (Fsp3) is 0.529. The third-order valence-corrected chi connectivity index (χ3v) is 3.61. The minimum atomic E-state index is 0.242. The Labute approximate surface area is 127 Å². The normalized spacial score (nSPS) is 12.6. The van der Waals surface area contributed by atoms with Gasteiger partial charge in [-0.1, -0.05) is 13.0 Å². The van der Waals surface area contributed by atoms with Crippen LogP contribution in [0.15, 0.2) is 24.3 Å². The number of hydrogen-bond donors (Lipinski definition) is 1. The number of aromatic nitrogens is 3. The van der Waals surface area contributed by atoms with E-state index in [1.165, 1.54) is 5.69 Å². The summed E-state index contributed by atoms with van der Waals surface area (Å²) in [7, 11) is 0. The molecule has 0 saturated carbocycles. The number of hydrogen-bond acceptors (Lipinski definition) is 3. The van der Waals surface area contributed by atoms with Gasteiger partial charge in [-0.25, -0.2) is 0 Å². The lowest BCUT2D eigenvalue weighted by atomic mass is 10.1. The first kappa shape index (κ1) is 15.7. The van der Waals surface area contributed by atoms with E-state index in [-0.39, 0.29) is 6.04 Å². The van der Waals surface area contributed by atoms with Gasteiger partial charge in [-0.3, -0.25) is 9.67 Å². The van der Waals surface area contributed by atoms with Crippen molar-refractivity contribution in [1.82, 2.24) is 20.1 Å². The fourth-order valence-corrected chi connectivity index (χ4v) is 2.60. The van der Waals surface area contributed by atoms with Crippen LogP contribution < -0.4 is 5.32 Å². The van der Waals surface area contributed by atoms with E-state index >= 15 is 0 Å². The van der Waals surface area contributed by atoms with Gasteiger partial charge in [-0.2, -0.15) is 5.10 Å². The van der Waals surface area contributed by atoms with Crippen LogP contribution in [0.3, 0.4) is 0 Å². The molecule has 1 unspecified atom stereocenters. The van der Waals surface area contributed by atoms with E-state index in [2.05, 4.69) is 54.1 Å². The molecule has 21 heavy (non-hydrogen) atoms. The predicted molar refractivity (Wildman–Crippen MR) is 86.4 cm³/mol. The van der Waals surface area contributed by atoms with Gasteiger partial charge in [0.25, 0.3) is 0 Å². The topological polar surface area (TPSA) is 42.7 Å². The van der Waals surface area contributed by atoms with Crippen LogP contribution in [0.1, 0.15) is 49.1 Å². The second kappa shape index (κ2) is 7.36. The van der Waals surface area contributed by atoms with Crippen LogP contribution in [0.5, 0.6) is 0 Å². The Morgan fingerprint density at radius 2 is 2.00 bits per heavy atom. The lowest BCUT2D eigenvalue weighted by Gasteiger charge is -2.19. The number of rotatable bonds is 7. The van der Waals surface area contributed by atoms with E-state index in [9.17, 15) is 0 Å². The molecule has 0 spiro atoms. The van der Waals surface area contributed by atoms with Crippen LogP contribution in [0.2, 0.25) is 0 Å². The van der Waals surface area contributed by atoms with E-state index < -0.39 is 0 Å². The summed E-state index contributed by atoms with van der Waals surface area (Å²) in [5, 5.41) is 8.16. The molecule has 1 N–H and O–H groups in total. The molecular formula is C17H26N4. The summed E-state index contributed by atoms with van der Waals surface area (Å²) in [6, 6.07) is 8.66. The molecule has 0 aromatic carbocycles. The van der Waals surface area contributed by atoms with Crippen molar-refractivity contribution in [3.05, 3.63) is 47.0 Å². The van der Waals surface area contributed by atoms with Gasteiger partial charge in [-0.05, 0) is 51.9 Å². The van der Waals surface area contributed by atoms with E-state index in [0.29, 0.717) is 0 Å². The molecule has 0 bridgehead atoms.